The van der Waals surface area contributed by atoms with Gasteiger partial charge in [0.2, 0.25) is 0 Å². The van der Waals surface area contributed by atoms with Crippen molar-refractivity contribution in [2.75, 3.05) is 37.6 Å². The first-order chi connectivity index (χ1) is 14.4. The fourth-order valence-corrected chi connectivity index (χ4v) is 3.22. The number of nitrogens with zero attached hydrogens (tertiary/aromatic N) is 3. The molecule has 0 fully saturated rings. The molecule has 0 bridgehead atoms. The molecule has 156 valence electrons. The highest BCUT2D eigenvalue weighted by molar-refractivity contribution is 7.13. The van der Waals surface area contributed by atoms with Gasteiger partial charge in [-0.2, -0.15) is 0 Å². The second-order valence-electron chi connectivity index (χ2n) is 6.70. The molecule has 1 heterocycles. The maximum atomic E-state index is 12.8. The van der Waals surface area contributed by atoms with Crippen LogP contribution in [0.5, 0.6) is 0 Å². The molecular weight excluding hydrogens is 402 g/mol. The van der Waals surface area contributed by atoms with E-state index < -0.39 is 6.09 Å². The normalized spacial score (nSPS) is 10.7. The summed E-state index contributed by atoms with van der Waals surface area (Å²) in [5.74, 6) is 5.69. The second-order valence-corrected chi connectivity index (χ2v) is 7.60. The van der Waals surface area contributed by atoms with Crippen LogP contribution in [0.15, 0.2) is 60.1 Å². The number of carbonyl (C=O) groups is 2. The molecule has 0 aliphatic heterocycles. The van der Waals surface area contributed by atoms with Crippen LogP contribution in [-0.4, -0.2) is 49.1 Å². The van der Waals surface area contributed by atoms with Gasteiger partial charge in [0, 0.05) is 34.9 Å². The summed E-state index contributed by atoms with van der Waals surface area (Å²) < 4.78 is 5.08. The summed E-state index contributed by atoms with van der Waals surface area (Å²) >= 11 is 1.51. The molecule has 2 amide bonds. The number of nitrogens with one attached hydrogen (secondary N) is 1. The van der Waals surface area contributed by atoms with Crippen molar-refractivity contribution >= 4 is 34.7 Å². The van der Waals surface area contributed by atoms with Crippen molar-refractivity contribution in [1.82, 2.24) is 9.88 Å². The molecule has 0 aliphatic carbocycles. The fourth-order valence-electron chi connectivity index (χ4n) is 2.58. The summed E-state index contributed by atoms with van der Waals surface area (Å²) in [6.07, 6.45) is 1.18. The summed E-state index contributed by atoms with van der Waals surface area (Å²) in [5, 5.41) is 6.46. The molecule has 2 aromatic carbocycles. The molecular formula is C21H23N5O3S. The molecule has 8 nitrogen and oxygen atoms in total. The summed E-state index contributed by atoms with van der Waals surface area (Å²) in [6, 6.07) is 13.8. The summed E-state index contributed by atoms with van der Waals surface area (Å²) in [6.45, 7) is 0.925. The van der Waals surface area contributed by atoms with Gasteiger partial charge in [-0.25, -0.2) is 20.6 Å². The van der Waals surface area contributed by atoms with Crippen LogP contribution in [0.25, 0.3) is 10.6 Å². The Morgan fingerprint density at radius 3 is 2.60 bits per heavy atom. The third kappa shape index (κ3) is 5.63. The third-order valence-corrected chi connectivity index (χ3v) is 4.99. The lowest BCUT2D eigenvalue weighted by Gasteiger charge is -2.17. The van der Waals surface area contributed by atoms with Crippen LogP contribution in [0.1, 0.15) is 10.4 Å². The van der Waals surface area contributed by atoms with E-state index in [1.165, 1.54) is 11.3 Å². The highest BCUT2D eigenvalue weighted by atomic mass is 32.1. The first-order valence-corrected chi connectivity index (χ1v) is 10.1. The van der Waals surface area contributed by atoms with Crippen molar-refractivity contribution < 1.29 is 14.3 Å². The van der Waals surface area contributed by atoms with Crippen LogP contribution < -0.4 is 16.2 Å². The number of hydrazine groups is 1. The lowest BCUT2D eigenvalue weighted by molar-refractivity contribution is 0.0987. The Morgan fingerprint density at radius 2 is 1.93 bits per heavy atom. The number of anilines is 2. The zero-order valence-corrected chi connectivity index (χ0v) is 17.6. The predicted octanol–water partition coefficient (Wildman–Crippen LogP) is 3.44. The molecule has 3 N–H and O–H groups in total. The van der Waals surface area contributed by atoms with E-state index >= 15 is 0 Å². The van der Waals surface area contributed by atoms with Crippen LogP contribution in [-0.2, 0) is 4.74 Å². The molecule has 9 heteroatoms. The number of amides is 2. The van der Waals surface area contributed by atoms with Gasteiger partial charge < -0.3 is 9.64 Å². The molecule has 0 saturated heterocycles. The maximum absolute atomic E-state index is 12.8. The van der Waals surface area contributed by atoms with Crippen LogP contribution in [0, 0.1) is 0 Å². The largest absolute Gasteiger partial charge is 0.448 e. The Balaban J connectivity index is 1.63. The monoisotopic (exact) mass is 425 g/mol. The van der Waals surface area contributed by atoms with Crippen molar-refractivity contribution in [2.24, 2.45) is 5.84 Å². The van der Waals surface area contributed by atoms with Gasteiger partial charge in [-0.05, 0) is 50.5 Å². The molecule has 0 radical (unpaired) electrons. The van der Waals surface area contributed by atoms with Crippen LogP contribution in [0.2, 0.25) is 0 Å². The predicted molar refractivity (Wildman–Crippen MR) is 119 cm³/mol. The number of nitrogens with two attached hydrogens (primary N) is 1. The van der Waals surface area contributed by atoms with E-state index in [1.807, 2.05) is 42.6 Å². The van der Waals surface area contributed by atoms with Crippen molar-refractivity contribution in [1.29, 1.82) is 0 Å². The summed E-state index contributed by atoms with van der Waals surface area (Å²) in [7, 11) is 3.79. The third-order valence-electron chi connectivity index (χ3n) is 4.17. The standard InChI is InChI=1S/C21H23N5O3S/c1-25(2)11-12-29-21(28)24-17-8-6-15(7-9-17)20(27)26(22)18-5-3-4-16(14-18)19-23-10-13-30-19/h3-10,13-14H,11-12,22H2,1-2H3,(H,24,28). The average Bonchev–Trinajstić information content (AvgIpc) is 3.28. The smallest absolute Gasteiger partial charge is 0.411 e. The van der Waals surface area contributed by atoms with Crippen molar-refractivity contribution in [3.63, 3.8) is 0 Å². The van der Waals surface area contributed by atoms with Crippen molar-refractivity contribution in [2.45, 2.75) is 0 Å². The number of thiazole rings is 1. The summed E-state index contributed by atoms with van der Waals surface area (Å²) in [5.41, 5.74) is 2.36. The number of hydrogen-bond acceptors (Lipinski definition) is 7. The molecule has 3 rings (SSSR count). The van der Waals surface area contributed by atoms with E-state index in [1.54, 1.807) is 36.5 Å². The molecule has 1 aromatic heterocycles. The fraction of sp³-hybridized carbons (Fsp3) is 0.190. The Kier molecular flexibility index (Phi) is 7.12. The van der Waals surface area contributed by atoms with Gasteiger partial charge in [0.05, 0.1) is 5.69 Å². The number of benzene rings is 2. The molecule has 0 aliphatic rings. The van der Waals surface area contributed by atoms with Crippen LogP contribution in [0.4, 0.5) is 16.2 Å². The molecule has 30 heavy (non-hydrogen) atoms. The van der Waals surface area contributed by atoms with Crippen molar-refractivity contribution in [3.8, 4) is 10.6 Å². The Morgan fingerprint density at radius 1 is 1.17 bits per heavy atom. The molecule has 0 spiro atoms. The zero-order valence-electron chi connectivity index (χ0n) is 16.7. The minimum Gasteiger partial charge on any atom is -0.448 e. The Hall–Kier alpha value is -3.27. The minimum atomic E-state index is -0.546. The first-order valence-electron chi connectivity index (χ1n) is 9.21. The average molecular weight is 426 g/mol. The second kappa shape index (κ2) is 9.97. The first kappa shape index (κ1) is 21.4. The van der Waals surface area contributed by atoms with Gasteiger partial charge in [0.1, 0.15) is 11.6 Å². The van der Waals surface area contributed by atoms with E-state index in [0.29, 0.717) is 23.5 Å². The SMILES string of the molecule is CN(C)CCOC(=O)Nc1ccc(C(=O)N(N)c2cccc(-c3nccs3)c2)cc1. The number of likely N-dealkylation sites (N-methyl/N-ethyl adjacent to an activating group) is 1. The van der Waals surface area contributed by atoms with Crippen LogP contribution >= 0.6 is 11.3 Å². The highest BCUT2D eigenvalue weighted by Gasteiger charge is 2.15. The molecule has 0 atom stereocenters. The van der Waals surface area contributed by atoms with Crippen LogP contribution in [0.3, 0.4) is 0 Å². The Labute approximate surface area is 178 Å². The molecule has 0 unspecified atom stereocenters. The van der Waals surface area contributed by atoms with E-state index in [2.05, 4.69) is 10.3 Å². The van der Waals surface area contributed by atoms with E-state index in [4.69, 9.17) is 10.6 Å². The maximum Gasteiger partial charge on any atom is 0.411 e. The number of ether oxygens (including phenoxy) is 1. The lowest BCUT2D eigenvalue weighted by Crippen LogP contribution is -2.37. The highest BCUT2D eigenvalue weighted by Crippen LogP contribution is 2.26. The van der Waals surface area contributed by atoms with E-state index in [9.17, 15) is 9.59 Å². The Bertz CT molecular complexity index is 990. The minimum absolute atomic E-state index is 0.289. The zero-order chi connectivity index (χ0) is 21.5. The number of carbonyl (C=O) groups excluding carboxylic acids is 2. The van der Waals surface area contributed by atoms with Gasteiger partial charge in [0.25, 0.3) is 5.91 Å². The van der Waals surface area contributed by atoms with E-state index in [-0.39, 0.29) is 12.5 Å². The number of aromatic nitrogens is 1. The molecule has 3 aromatic rings. The lowest BCUT2D eigenvalue weighted by atomic mass is 10.1. The van der Waals surface area contributed by atoms with Gasteiger partial charge in [-0.15, -0.1) is 11.3 Å². The quantitative estimate of drug-likeness (QED) is 0.342. The van der Waals surface area contributed by atoms with Crippen molar-refractivity contribution in [3.05, 3.63) is 65.7 Å². The molecule has 0 saturated carbocycles. The number of rotatable bonds is 7. The van der Waals surface area contributed by atoms with Gasteiger partial charge >= 0.3 is 6.09 Å². The van der Waals surface area contributed by atoms with Gasteiger partial charge in [0.15, 0.2) is 0 Å². The number of hydrogen-bond donors (Lipinski definition) is 2. The van der Waals surface area contributed by atoms with Gasteiger partial charge in [-0.3, -0.25) is 10.1 Å². The van der Waals surface area contributed by atoms with E-state index in [0.717, 1.165) is 15.6 Å². The summed E-state index contributed by atoms with van der Waals surface area (Å²) in [4.78, 5) is 30.7. The topological polar surface area (TPSA) is 101 Å². The van der Waals surface area contributed by atoms with Gasteiger partial charge in [-0.1, -0.05) is 12.1 Å².